The van der Waals surface area contributed by atoms with Gasteiger partial charge in [0.25, 0.3) is 0 Å². The van der Waals surface area contributed by atoms with Gasteiger partial charge in [0.15, 0.2) is 0 Å². The maximum absolute atomic E-state index is 5.81. The van der Waals surface area contributed by atoms with Crippen LogP contribution in [0.25, 0.3) is 76.0 Å². The first kappa shape index (κ1) is 52.7. The van der Waals surface area contributed by atoms with Gasteiger partial charge < -0.3 is 0 Å². The Morgan fingerprint density at radius 2 is 0.795 bits per heavy atom. The zero-order valence-corrected chi connectivity index (χ0v) is 46.9. The van der Waals surface area contributed by atoms with Crippen LogP contribution in [0.1, 0.15) is 189 Å². The Kier molecular flexibility index (Phi) is 18.3. The molecule has 0 amide bonds. The highest BCUT2D eigenvalue weighted by Gasteiger charge is 2.42. The molecule has 73 heavy (non-hydrogen) atoms. The summed E-state index contributed by atoms with van der Waals surface area (Å²) < 4.78 is 0. The summed E-state index contributed by atoms with van der Waals surface area (Å²) in [6.07, 6.45) is 28.0. The summed E-state index contributed by atoms with van der Waals surface area (Å²) in [4.78, 5) is 16.7. The minimum Gasteiger partial charge on any atom is -0.243 e. The van der Waals surface area contributed by atoms with E-state index in [0.29, 0.717) is 0 Å². The summed E-state index contributed by atoms with van der Waals surface area (Å²) in [5, 5.41) is 0. The van der Waals surface area contributed by atoms with E-state index < -0.39 is 0 Å². The highest BCUT2D eigenvalue weighted by molar-refractivity contribution is 7.19. The van der Waals surface area contributed by atoms with Crippen molar-refractivity contribution in [2.75, 3.05) is 0 Å². The number of aryl methyl sites for hydroxylation is 4. The lowest BCUT2D eigenvalue weighted by molar-refractivity contribution is 0.398. The molecule has 2 nitrogen and oxygen atoms in total. The molecule has 0 unspecified atom stereocenters. The fourth-order valence-electron chi connectivity index (χ4n) is 11.8. The Bertz CT molecular complexity index is 3020. The molecule has 0 N–H and O–H groups in total. The van der Waals surface area contributed by atoms with Gasteiger partial charge >= 0.3 is 0 Å². The molecule has 8 aromatic rings. The van der Waals surface area contributed by atoms with Gasteiger partial charge in [-0.25, -0.2) is 9.97 Å². The van der Waals surface area contributed by atoms with Crippen LogP contribution in [0.4, 0.5) is 0 Å². The van der Waals surface area contributed by atoms with Gasteiger partial charge in [0.05, 0.1) is 22.4 Å². The van der Waals surface area contributed by atoms with E-state index in [1.165, 1.54) is 181 Å². The van der Waals surface area contributed by atoms with Crippen LogP contribution < -0.4 is 0 Å². The number of benzene rings is 5. The molecule has 0 fully saturated rings. The fraction of sp³-hybridized carbons (Fsp3) is 0.420. The van der Waals surface area contributed by atoms with E-state index in [2.05, 4.69) is 163 Å². The van der Waals surface area contributed by atoms with Crippen LogP contribution in [0.15, 0.2) is 121 Å². The highest BCUT2D eigenvalue weighted by atomic mass is 32.1. The second kappa shape index (κ2) is 25.4. The molecule has 5 aromatic carbocycles. The number of hydrogen-bond donors (Lipinski definition) is 0. The minimum absolute atomic E-state index is 0.0429. The highest BCUT2D eigenvalue weighted by Crippen LogP contribution is 2.56. The molecule has 0 atom stereocenters. The quantitative estimate of drug-likeness (QED) is 0.0480. The second-order valence-corrected chi connectivity index (χ2v) is 24.0. The van der Waals surface area contributed by atoms with Crippen LogP contribution in [0.5, 0.6) is 0 Å². The van der Waals surface area contributed by atoms with Crippen molar-refractivity contribution >= 4 is 33.7 Å². The number of rotatable bonds is 27. The fourth-order valence-corrected chi connectivity index (χ4v) is 13.7. The Hall–Kier alpha value is -5.16. The maximum atomic E-state index is 5.81. The lowest BCUT2D eigenvalue weighted by Gasteiger charge is -2.33. The van der Waals surface area contributed by atoms with Crippen molar-refractivity contribution in [2.45, 2.75) is 188 Å². The average Bonchev–Trinajstić information content (AvgIpc) is 4.16. The van der Waals surface area contributed by atoms with E-state index in [0.717, 1.165) is 57.5 Å². The number of hydrogen-bond acceptors (Lipinski definition) is 4. The second-order valence-electron chi connectivity index (χ2n) is 21.6. The van der Waals surface area contributed by atoms with Crippen LogP contribution >= 0.6 is 22.7 Å². The van der Waals surface area contributed by atoms with Gasteiger partial charge in [-0.3, -0.25) is 0 Å². The number of nitrogens with zero attached hydrogens (tertiary/aromatic N) is 2. The van der Waals surface area contributed by atoms with Crippen molar-refractivity contribution in [3.8, 4) is 65.0 Å². The third-order valence-corrected chi connectivity index (χ3v) is 18.2. The predicted molar refractivity (Wildman–Crippen MR) is 321 cm³/mol. The molecule has 0 spiro atoms. The average molecular weight is 1000 g/mol. The Morgan fingerprint density at radius 1 is 0.370 bits per heavy atom. The van der Waals surface area contributed by atoms with Crippen LogP contribution in [-0.2, 0) is 18.3 Å². The van der Waals surface area contributed by atoms with Gasteiger partial charge in [0.1, 0.15) is 0 Å². The molecular formula is C69H82N2S2. The molecular weight excluding hydrogens is 921 g/mol. The van der Waals surface area contributed by atoms with Crippen molar-refractivity contribution in [3.05, 3.63) is 154 Å². The molecule has 380 valence electrons. The standard InChI is InChI=1S/C69H82N2S2/c1-7-11-15-17-19-23-45-69(46-24-20-18-16-12-8-2)60-47-49(5)27-38-56(60)57-39-37-55(48-61(57)69)62-43-44-64(73-62)59-41-40-58(63-42-28-50(6)72-63)67-68(59)71-66(54-35-31-52(32-36-54)26-22-14-10-4)65(70-67)53-33-29-51(30-34-53)25-21-13-9-3/h27-44,47-48H,7-26,45-46H2,1-6H3. The molecule has 0 aliphatic heterocycles. The smallest absolute Gasteiger partial charge is 0.0988 e. The zero-order chi connectivity index (χ0) is 50.6. The topological polar surface area (TPSA) is 25.8 Å². The Labute approximate surface area is 448 Å². The zero-order valence-electron chi connectivity index (χ0n) is 45.3. The summed E-state index contributed by atoms with van der Waals surface area (Å²) in [7, 11) is 0. The number of unbranched alkanes of at least 4 members (excludes halogenated alkanes) is 14. The van der Waals surface area contributed by atoms with E-state index >= 15 is 0 Å². The summed E-state index contributed by atoms with van der Waals surface area (Å²) in [6.45, 7) is 13.7. The molecule has 0 saturated heterocycles. The third-order valence-electron chi connectivity index (χ3n) is 16.0. The molecule has 4 heteroatoms. The molecule has 0 radical (unpaired) electrons. The lowest BCUT2D eigenvalue weighted by atomic mass is 9.70. The Balaban J connectivity index is 1.14. The largest absolute Gasteiger partial charge is 0.243 e. The van der Waals surface area contributed by atoms with Gasteiger partial charge in [-0.15, -0.1) is 22.7 Å². The molecule has 0 bridgehead atoms. The van der Waals surface area contributed by atoms with Crippen LogP contribution in [0.3, 0.4) is 0 Å². The van der Waals surface area contributed by atoms with Crippen molar-refractivity contribution in [2.24, 2.45) is 0 Å². The SMILES string of the molecule is CCCCCCCCC1(CCCCCCCC)c2cc(C)ccc2-c2ccc(-c3ccc(-c4ccc(-c5ccc(C)s5)c5nc(-c6ccc(CCCCC)cc6)c(-c6ccc(CCCCC)cc6)nc45)s3)cc21. The van der Waals surface area contributed by atoms with E-state index in [1.807, 2.05) is 22.7 Å². The van der Waals surface area contributed by atoms with Crippen molar-refractivity contribution < 1.29 is 0 Å². The summed E-state index contributed by atoms with van der Waals surface area (Å²) in [5.74, 6) is 0. The predicted octanol–water partition coefficient (Wildman–Crippen LogP) is 21.9. The molecule has 0 saturated carbocycles. The van der Waals surface area contributed by atoms with Crippen LogP contribution in [0.2, 0.25) is 0 Å². The number of fused-ring (bicyclic) bond motifs is 4. The van der Waals surface area contributed by atoms with E-state index in [-0.39, 0.29) is 5.41 Å². The summed E-state index contributed by atoms with van der Waals surface area (Å²) >= 11 is 3.75. The van der Waals surface area contributed by atoms with Gasteiger partial charge in [-0.05, 0) is 122 Å². The van der Waals surface area contributed by atoms with Gasteiger partial charge in [-0.1, -0.05) is 227 Å². The first-order valence-corrected chi connectivity index (χ1v) is 30.4. The molecule has 1 aliphatic carbocycles. The maximum Gasteiger partial charge on any atom is 0.0988 e. The molecule has 1 aliphatic rings. The van der Waals surface area contributed by atoms with E-state index in [4.69, 9.17) is 9.97 Å². The Morgan fingerprint density at radius 3 is 1.32 bits per heavy atom. The van der Waals surface area contributed by atoms with Crippen molar-refractivity contribution in [3.63, 3.8) is 0 Å². The molecule has 3 aromatic heterocycles. The third kappa shape index (κ3) is 12.2. The lowest BCUT2D eigenvalue weighted by Crippen LogP contribution is -2.25. The molecule has 9 rings (SSSR count). The van der Waals surface area contributed by atoms with E-state index in [9.17, 15) is 0 Å². The number of thiophene rings is 2. The van der Waals surface area contributed by atoms with E-state index in [1.54, 1.807) is 11.1 Å². The van der Waals surface area contributed by atoms with Gasteiger partial charge in [-0.2, -0.15) is 0 Å². The summed E-state index contributed by atoms with van der Waals surface area (Å²) in [5.41, 5.74) is 20.0. The number of aromatic nitrogens is 2. The van der Waals surface area contributed by atoms with Crippen molar-refractivity contribution in [1.82, 2.24) is 9.97 Å². The normalized spacial score (nSPS) is 12.7. The van der Waals surface area contributed by atoms with Gasteiger partial charge in [0.2, 0.25) is 0 Å². The van der Waals surface area contributed by atoms with Crippen LogP contribution in [0, 0.1) is 13.8 Å². The minimum atomic E-state index is 0.0429. The molecule has 3 heterocycles. The summed E-state index contributed by atoms with van der Waals surface area (Å²) in [6, 6.07) is 47.2. The van der Waals surface area contributed by atoms with Crippen LogP contribution in [-0.4, -0.2) is 9.97 Å². The van der Waals surface area contributed by atoms with Gasteiger partial charge in [0, 0.05) is 47.2 Å². The first-order valence-electron chi connectivity index (χ1n) is 28.8. The first-order chi connectivity index (χ1) is 35.8. The monoisotopic (exact) mass is 1000 g/mol. The van der Waals surface area contributed by atoms with Crippen molar-refractivity contribution in [1.29, 1.82) is 0 Å².